The highest BCUT2D eigenvalue weighted by Gasteiger charge is 2.97. The molecule has 2 aliphatic heterocycles. The lowest BCUT2D eigenvalue weighted by atomic mass is 9.41. The summed E-state index contributed by atoms with van der Waals surface area (Å²) in [5, 5.41) is 13.6. The summed E-state index contributed by atoms with van der Waals surface area (Å²) in [7, 11) is 5.24. The molecule has 224 valence electrons. The third-order valence-corrected chi connectivity index (χ3v) is 13.1. The van der Waals surface area contributed by atoms with Crippen molar-refractivity contribution in [2.75, 3.05) is 41.2 Å². The Morgan fingerprint density at radius 2 is 1.85 bits per heavy atom. The van der Waals surface area contributed by atoms with Crippen LogP contribution in [0.25, 0.3) is 0 Å². The number of carbonyl (C=O) groups excluding carboxylic acids is 1. The monoisotopic (exact) mass is 569 g/mol. The van der Waals surface area contributed by atoms with Gasteiger partial charge in [0.2, 0.25) is 0 Å². The minimum absolute atomic E-state index is 0.00686. The zero-order chi connectivity index (χ0) is 28.6. The van der Waals surface area contributed by atoms with E-state index >= 15 is 0 Å². The van der Waals surface area contributed by atoms with Crippen LogP contribution in [-0.2, 0) is 28.4 Å². The summed E-state index contributed by atoms with van der Waals surface area (Å²) < 4.78 is 39.5. The highest BCUT2D eigenvalue weighted by molar-refractivity contribution is 5.89. The third kappa shape index (κ3) is 2.70. The number of rotatable bonds is 6. The maximum Gasteiger partial charge on any atom is 0.338 e. The van der Waals surface area contributed by atoms with Crippen molar-refractivity contribution >= 4 is 5.97 Å². The molecule has 9 heteroatoms. The van der Waals surface area contributed by atoms with E-state index in [1.165, 1.54) is 0 Å². The molecule has 0 radical (unpaired) electrons. The van der Waals surface area contributed by atoms with E-state index in [0.29, 0.717) is 18.4 Å². The minimum atomic E-state index is -1.21. The molecule has 5 aliphatic carbocycles. The molecule has 8 rings (SSSR count). The van der Waals surface area contributed by atoms with Crippen LogP contribution < -0.4 is 0 Å². The van der Waals surface area contributed by atoms with Crippen molar-refractivity contribution in [3.63, 3.8) is 0 Å². The van der Waals surface area contributed by atoms with Crippen molar-refractivity contribution in [1.82, 2.24) is 4.90 Å². The molecule has 1 aromatic rings. The number of nitrogens with zero attached hydrogens (tertiary/aromatic N) is 1. The minimum Gasteiger partial charge on any atom is -0.455 e. The fraction of sp³-hybridized carbons (Fsp3) is 0.781. The largest absolute Gasteiger partial charge is 0.455 e. The average molecular weight is 570 g/mol. The number of carbonyl (C=O) groups is 1. The Morgan fingerprint density at radius 3 is 2.54 bits per heavy atom. The molecular weight excluding hydrogens is 526 g/mol. The van der Waals surface area contributed by atoms with Gasteiger partial charge in [-0.1, -0.05) is 32.0 Å². The summed E-state index contributed by atoms with van der Waals surface area (Å²) >= 11 is 0. The molecule has 0 amide bonds. The Bertz CT molecular complexity index is 1250. The van der Waals surface area contributed by atoms with E-state index in [-0.39, 0.29) is 60.3 Å². The second-order valence-corrected chi connectivity index (χ2v) is 14.0. The molecule has 1 N–H and O–H groups in total. The first kappa shape index (κ1) is 27.0. The summed E-state index contributed by atoms with van der Waals surface area (Å²) in [5.41, 5.74) is -3.71. The van der Waals surface area contributed by atoms with Crippen molar-refractivity contribution in [2.24, 2.45) is 28.6 Å². The maximum atomic E-state index is 14.0. The lowest BCUT2D eigenvalue weighted by Gasteiger charge is -2.71. The van der Waals surface area contributed by atoms with E-state index in [0.717, 1.165) is 25.9 Å². The van der Waals surface area contributed by atoms with E-state index in [1.807, 2.05) is 18.2 Å². The Morgan fingerprint density at radius 1 is 1.07 bits per heavy atom. The van der Waals surface area contributed by atoms with Gasteiger partial charge in [-0.15, -0.1) is 0 Å². The van der Waals surface area contributed by atoms with Crippen LogP contribution in [-0.4, -0.2) is 104 Å². The molecule has 41 heavy (non-hydrogen) atoms. The van der Waals surface area contributed by atoms with Gasteiger partial charge in [0.15, 0.2) is 5.60 Å². The van der Waals surface area contributed by atoms with E-state index in [9.17, 15) is 9.90 Å². The quantitative estimate of drug-likeness (QED) is 0.519. The number of likely N-dealkylation sites (tertiary alicyclic amines) is 1. The highest BCUT2D eigenvalue weighted by Crippen LogP contribution is 2.83. The van der Waals surface area contributed by atoms with Crippen LogP contribution in [0.1, 0.15) is 49.9 Å². The normalized spacial score (nSPS) is 54.2. The van der Waals surface area contributed by atoms with E-state index < -0.39 is 28.3 Å². The number of hydrogen-bond donors (Lipinski definition) is 1. The highest BCUT2D eigenvalue weighted by atomic mass is 16.7. The molecule has 3 spiro atoms. The number of hydrogen-bond acceptors (Lipinski definition) is 9. The number of piperidine rings is 1. The first-order valence-electron chi connectivity index (χ1n) is 15.3. The predicted octanol–water partition coefficient (Wildman–Crippen LogP) is 2.64. The van der Waals surface area contributed by atoms with Crippen molar-refractivity contribution < 1.29 is 38.3 Å². The fourth-order valence-corrected chi connectivity index (χ4v) is 12.3. The second kappa shape index (κ2) is 8.52. The molecule has 7 aliphatic rings. The van der Waals surface area contributed by atoms with Crippen molar-refractivity contribution in [3.05, 3.63) is 35.9 Å². The van der Waals surface area contributed by atoms with Gasteiger partial charge < -0.3 is 33.5 Å². The molecule has 7 bridgehead atoms. The number of ether oxygens (including phenoxy) is 6. The molecule has 9 nitrogen and oxygen atoms in total. The number of esters is 1. The Hall–Kier alpha value is -1.59. The molecule has 2 unspecified atom stereocenters. The molecule has 0 aromatic heterocycles. The lowest BCUT2D eigenvalue weighted by Crippen LogP contribution is -2.85. The molecule has 13 atom stereocenters. The molecular formula is C32H43NO8. The van der Waals surface area contributed by atoms with Crippen LogP contribution in [0.2, 0.25) is 0 Å². The van der Waals surface area contributed by atoms with Gasteiger partial charge in [-0.05, 0) is 43.4 Å². The van der Waals surface area contributed by atoms with Gasteiger partial charge in [0, 0.05) is 52.0 Å². The number of likely N-dealkylation sites (N-methyl/N-ethyl adjacent to an activating group) is 1. The zero-order valence-electron chi connectivity index (χ0n) is 24.7. The van der Waals surface area contributed by atoms with Crippen LogP contribution in [0.3, 0.4) is 0 Å². The molecule has 5 saturated carbocycles. The number of aliphatic hydroxyl groups is 1. The predicted molar refractivity (Wildman–Crippen MR) is 146 cm³/mol. The Balaban J connectivity index is 1.44. The van der Waals surface area contributed by atoms with Gasteiger partial charge in [0.1, 0.15) is 18.5 Å². The fourth-order valence-electron chi connectivity index (χ4n) is 12.3. The van der Waals surface area contributed by atoms with Gasteiger partial charge in [-0.3, -0.25) is 4.90 Å². The van der Waals surface area contributed by atoms with Crippen LogP contribution in [0.5, 0.6) is 0 Å². The van der Waals surface area contributed by atoms with Crippen LogP contribution in [0.4, 0.5) is 0 Å². The second-order valence-electron chi connectivity index (χ2n) is 14.0. The van der Waals surface area contributed by atoms with E-state index in [4.69, 9.17) is 28.4 Å². The Labute approximate surface area is 241 Å². The van der Waals surface area contributed by atoms with Crippen LogP contribution in [0, 0.1) is 28.6 Å². The van der Waals surface area contributed by atoms with Gasteiger partial charge in [-0.2, -0.15) is 0 Å². The van der Waals surface area contributed by atoms with Gasteiger partial charge in [-0.25, -0.2) is 4.79 Å². The SMILES string of the molecule is CCN1C[C@]2(C)CC[C@H](OC)[C@]34[C@@H]2[C@H](OC(=O)c2ccccc2)[C@]2(OCO[C@@]25CC(OC)[C@H]2C[C@]3(O)C5[C@H]2OC)[C@@H]14. The summed E-state index contributed by atoms with van der Waals surface area (Å²) in [5.74, 6) is -0.941. The van der Waals surface area contributed by atoms with Crippen LogP contribution >= 0.6 is 0 Å². The summed E-state index contributed by atoms with van der Waals surface area (Å²) in [6, 6.07) is 8.92. The zero-order valence-corrected chi connectivity index (χ0v) is 24.7. The third-order valence-electron chi connectivity index (χ3n) is 13.1. The van der Waals surface area contributed by atoms with Crippen LogP contribution in [0.15, 0.2) is 30.3 Å². The van der Waals surface area contributed by atoms with Gasteiger partial charge in [0.05, 0.1) is 40.9 Å². The Kier molecular flexibility index (Phi) is 5.61. The van der Waals surface area contributed by atoms with Gasteiger partial charge >= 0.3 is 5.97 Å². The van der Waals surface area contributed by atoms with Crippen molar-refractivity contribution in [1.29, 1.82) is 0 Å². The molecule has 2 heterocycles. The van der Waals surface area contributed by atoms with E-state index in [2.05, 4.69) is 18.7 Å². The molecule has 1 aromatic carbocycles. The standard InChI is InChI=1S/C32H43NO8/c1-6-33-16-28(2)13-12-21(37-4)31-24(28)25(41-26(34)18-10-8-7-9-11-18)32(27(31)33)30(39-17-40-32)15-20(36-3)19-14-29(31,35)23(30)22(19)38-5/h7-11,19-25,27,35H,6,12-17H2,1-5H3/t19-,20?,21+,22+,23?,24-,25+,27+,28+,29+,30-,31-,32+/m1/s1. The lowest BCUT2D eigenvalue weighted by molar-refractivity contribution is -0.332. The first-order valence-corrected chi connectivity index (χ1v) is 15.3. The topological polar surface area (TPSA) is 95.9 Å². The molecule has 2 saturated heterocycles. The number of benzene rings is 1. The maximum absolute atomic E-state index is 14.0. The smallest absolute Gasteiger partial charge is 0.338 e. The summed E-state index contributed by atoms with van der Waals surface area (Å²) in [6.07, 6.45) is 1.42. The van der Waals surface area contributed by atoms with Crippen molar-refractivity contribution in [2.45, 2.75) is 86.8 Å². The summed E-state index contributed by atoms with van der Waals surface area (Å²) in [6.45, 7) is 6.18. The van der Waals surface area contributed by atoms with E-state index in [1.54, 1.807) is 33.5 Å². The number of methoxy groups -OCH3 is 3. The first-order chi connectivity index (χ1) is 19.7. The van der Waals surface area contributed by atoms with Gasteiger partial charge in [0.25, 0.3) is 0 Å². The average Bonchev–Trinajstić information content (AvgIpc) is 3.54. The van der Waals surface area contributed by atoms with Crippen molar-refractivity contribution in [3.8, 4) is 0 Å². The number of fused-ring (bicyclic) bond motifs is 1. The summed E-state index contributed by atoms with van der Waals surface area (Å²) in [4.78, 5) is 16.5. The molecule has 7 fully saturated rings.